The Balaban J connectivity index is 1.40. The molecule has 4 rings (SSSR count). The van der Waals surface area contributed by atoms with Gasteiger partial charge in [0.25, 0.3) is 0 Å². The van der Waals surface area contributed by atoms with E-state index in [4.69, 9.17) is 14.8 Å². The van der Waals surface area contributed by atoms with Gasteiger partial charge in [-0.3, -0.25) is 4.90 Å². The molecule has 1 aromatic heterocycles. The van der Waals surface area contributed by atoms with Crippen LogP contribution in [0.5, 0.6) is 0 Å². The van der Waals surface area contributed by atoms with Gasteiger partial charge in [-0.15, -0.1) is 11.3 Å². The molecule has 5 nitrogen and oxygen atoms in total. The Morgan fingerprint density at radius 2 is 1.97 bits per heavy atom. The number of rotatable bonds is 7. The molecule has 0 atom stereocenters. The third-order valence-corrected chi connectivity index (χ3v) is 7.65. The van der Waals surface area contributed by atoms with Crippen LogP contribution >= 0.6 is 11.3 Å². The van der Waals surface area contributed by atoms with Crippen molar-refractivity contribution in [2.75, 3.05) is 50.8 Å². The van der Waals surface area contributed by atoms with Crippen molar-refractivity contribution in [1.82, 2.24) is 9.88 Å². The zero-order valence-electron chi connectivity index (χ0n) is 19.1. The topological polar surface area (TPSA) is 48.8 Å². The largest absolute Gasteiger partial charge is 0.396 e. The van der Waals surface area contributed by atoms with Gasteiger partial charge >= 0.3 is 0 Å². The maximum atomic E-state index is 8.92. The maximum Gasteiger partial charge on any atom is 0.185 e. The number of ether oxygens (including phenoxy) is 1. The van der Waals surface area contributed by atoms with E-state index >= 15 is 0 Å². The highest BCUT2D eigenvalue weighted by atomic mass is 32.1. The highest BCUT2D eigenvalue weighted by molar-refractivity contribution is 7.14. The first kappa shape index (κ1) is 22.7. The van der Waals surface area contributed by atoms with Crippen LogP contribution in [0.25, 0.3) is 11.3 Å². The van der Waals surface area contributed by atoms with Crippen LogP contribution in [0.3, 0.4) is 0 Å². The minimum Gasteiger partial charge on any atom is -0.396 e. The minimum absolute atomic E-state index is 0.197. The van der Waals surface area contributed by atoms with Crippen LogP contribution in [0.2, 0.25) is 0 Å². The lowest BCUT2D eigenvalue weighted by molar-refractivity contribution is 0.105. The Hall–Kier alpha value is -1.47. The molecule has 170 valence electrons. The van der Waals surface area contributed by atoms with Crippen molar-refractivity contribution >= 4 is 16.5 Å². The van der Waals surface area contributed by atoms with Gasteiger partial charge in [0.2, 0.25) is 0 Å². The normalized spacial score (nSPS) is 19.6. The zero-order valence-corrected chi connectivity index (χ0v) is 19.9. The number of aliphatic hydroxyl groups excluding tert-OH is 1. The van der Waals surface area contributed by atoms with Crippen LogP contribution in [-0.4, -0.2) is 60.9 Å². The van der Waals surface area contributed by atoms with Crippen LogP contribution in [0.4, 0.5) is 5.13 Å². The smallest absolute Gasteiger partial charge is 0.185 e. The summed E-state index contributed by atoms with van der Waals surface area (Å²) in [7, 11) is 0. The maximum absolute atomic E-state index is 8.92. The lowest BCUT2D eigenvalue weighted by atomic mass is 9.77. The SMILES string of the molecule is CC1(C)CCCOCc2cc(-c3csc(N4CCN(CCCCCO)CC4)n3)ccc21. The Morgan fingerprint density at radius 1 is 1.13 bits per heavy atom. The molecule has 2 aliphatic heterocycles. The summed E-state index contributed by atoms with van der Waals surface area (Å²) in [5.41, 5.74) is 5.20. The van der Waals surface area contributed by atoms with E-state index in [1.165, 1.54) is 23.1 Å². The van der Waals surface area contributed by atoms with E-state index < -0.39 is 0 Å². The molecule has 1 saturated heterocycles. The summed E-state index contributed by atoms with van der Waals surface area (Å²) in [6.45, 7) is 12.0. The van der Waals surface area contributed by atoms with Gasteiger partial charge in [0.1, 0.15) is 0 Å². The van der Waals surface area contributed by atoms with Gasteiger partial charge in [-0.1, -0.05) is 26.0 Å². The van der Waals surface area contributed by atoms with Crippen molar-refractivity contribution in [1.29, 1.82) is 0 Å². The number of benzene rings is 1. The van der Waals surface area contributed by atoms with Gasteiger partial charge < -0.3 is 14.7 Å². The summed E-state index contributed by atoms with van der Waals surface area (Å²) in [6, 6.07) is 6.84. The molecule has 0 radical (unpaired) electrons. The first-order valence-electron chi connectivity index (χ1n) is 11.8. The second-order valence-corrected chi connectivity index (χ2v) is 10.4. The number of aliphatic hydroxyl groups is 1. The molecule has 6 heteroatoms. The molecule has 31 heavy (non-hydrogen) atoms. The number of hydrogen-bond donors (Lipinski definition) is 1. The van der Waals surface area contributed by atoms with E-state index in [1.807, 2.05) is 0 Å². The monoisotopic (exact) mass is 443 g/mol. The first-order chi connectivity index (χ1) is 15.1. The number of fused-ring (bicyclic) bond motifs is 1. The van der Waals surface area contributed by atoms with Crippen molar-refractivity contribution in [2.24, 2.45) is 0 Å². The first-order valence-corrected chi connectivity index (χ1v) is 12.7. The molecule has 1 N–H and O–H groups in total. The molecule has 0 saturated carbocycles. The van der Waals surface area contributed by atoms with Crippen molar-refractivity contribution in [3.05, 3.63) is 34.7 Å². The van der Waals surface area contributed by atoms with Crippen molar-refractivity contribution < 1.29 is 9.84 Å². The number of anilines is 1. The second kappa shape index (κ2) is 10.4. The Morgan fingerprint density at radius 3 is 2.77 bits per heavy atom. The summed E-state index contributed by atoms with van der Waals surface area (Å²) < 4.78 is 5.89. The molecular weight excluding hydrogens is 406 g/mol. The summed E-state index contributed by atoms with van der Waals surface area (Å²) >= 11 is 1.76. The number of nitrogens with zero attached hydrogens (tertiary/aromatic N) is 3. The second-order valence-electron chi connectivity index (χ2n) is 9.54. The van der Waals surface area contributed by atoms with E-state index in [-0.39, 0.29) is 5.41 Å². The fraction of sp³-hybridized carbons (Fsp3) is 0.640. The fourth-order valence-corrected chi connectivity index (χ4v) is 5.68. The van der Waals surface area contributed by atoms with E-state index in [2.05, 4.69) is 47.2 Å². The van der Waals surface area contributed by atoms with E-state index in [1.54, 1.807) is 11.3 Å². The zero-order chi connectivity index (χ0) is 21.7. The Bertz CT molecular complexity index is 843. The molecule has 0 bridgehead atoms. The van der Waals surface area contributed by atoms with Gasteiger partial charge in [-0.2, -0.15) is 0 Å². The number of piperazine rings is 1. The van der Waals surface area contributed by atoms with Crippen molar-refractivity contribution in [2.45, 2.75) is 58.0 Å². The molecule has 0 spiro atoms. The summed E-state index contributed by atoms with van der Waals surface area (Å²) in [5, 5.41) is 12.3. The van der Waals surface area contributed by atoms with Gasteiger partial charge in [0, 0.05) is 50.3 Å². The lowest BCUT2D eigenvalue weighted by Crippen LogP contribution is -2.46. The molecule has 1 fully saturated rings. The molecule has 0 aliphatic carbocycles. The predicted octanol–water partition coefficient (Wildman–Crippen LogP) is 4.68. The quantitative estimate of drug-likeness (QED) is 0.630. The van der Waals surface area contributed by atoms with Crippen LogP contribution in [-0.2, 0) is 16.8 Å². The minimum atomic E-state index is 0.197. The third-order valence-electron chi connectivity index (χ3n) is 6.75. The molecule has 0 amide bonds. The standard InChI is InChI=1S/C25H37N3O2S/c1-25(2)9-6-16-30-18-21-17-20(7-8-22(21)25)23-19-31-24(26-23)28-13-11-27(12-14-28)10-4-3-5-15-29/h7-8,17,19,29H,3-6,9-16,18H2,1-2H3. The van der Waals surface area contributed by atoms with Crippen molar-refractivity contribution in [3.63, 3.8) is 0 Å². The van der Waals surface area contributed by atoms with Crippen LogP contribution in [0.1, 0.15) is 57.1 Å². The molecule has 3 heterocycles. The number of unbranched alkanes of at least 4 members (excludes halogenated alkanes) is 2. The van der Waals surface area contributed by atoms with Gasteiger partial charge in [0.15, 0.2) is 5.13 Å². The Kier molecular flexibility index (Phi) is 7.64. The summed E-state index contributed by atoms with van der Waals surface area (Å²) in [5.74, 6) is 0. The van der Waals surface area contributed by atoms with Crippen LogP contribution in [0.15, 0.2) is 23.6 Å². The van der Waals surface area contributed by atoms with E-state index in [0.29, 0.717) is 13.2 Å². The highest BCUT2D eigenvalue weighted by Gasteiger charge is 2.26. The van der Waals surface area contributed by atoms with Gasteiger partial charge in [0.05, 0.1) is 12.3 Å². The predicted molar refractivity (Wildman–Crippen MR) is 129 cm³/mol. The highest BCUT2D eigenvalue weighted by Crippen LogP contribution is 2.36. The summed E-state index contributed by atoms with van der Waals surface area (Å²) in [6.07, 6.45) is 5.51. The lowest BCUT2D eigenvalue weighted by Gasteiger charge is -2.34. The van der Waals surface area contributed by atoms with Crippen LogP contribution in [0, 0.1) is 0 Å². The molecule has 1 aromatic carbocycles. The molecule has 2 aliphatic rings. The third kappa shape index (κ3) is 5.67. The molecule has 2 aromatic rings. The molecular formula is C25H37N3O2S. The molecule has 0 unspecified atom stereocenters. The summed E-state index contributed by atoms with van der Waals surface area (Å²) in [4.78, 5) is 9.97. The van der Waals surface area contributed by atoms with E-state index in [0.717, 1.165) is 75.8 Å². The average molecular weight is 444 g/mol. The number of hydrogen-bond acceptors (Lipinski definition) is 6. The Labute approximate surface area is 191 Å². The average Bonchev–Trinajstić information content (AvgIpc) is 3.26. The van der Waals surface area contributed by atoms with Gasteiger partial charge in [-0.25, -0.2) is 4.98 Å². The number of aromatic nitrogens is 1. The number of thiazole rings is 1. The fourth-order valence-electron chi connectivity index (χ4n) is 4.79. The van der Waals surface area contributed by atoms with Gasteiger partial charge in [-0.05, 0) is 61.3 Å². The van der Waals surface area contributed by atoms with Crippen molar-refractivity contribution in [3.8, 4) is 11.3 Å². The van der Waals surface area contributed by atoms with Crippen LogP contribution < -0.4 is 4.90 Å². The van der Waals surface area contributed by atoms with E-state index in [9.17, 15) is 0 Å².